The van der Waals surface area contributed by atoms with Crippen LogP contribution in [0.3, 0.4) is 0 Å². The van der Waals surface area contributed by atoms with Crippen LogP contribution < -0.4 is 10.4 Å². The number of pyridine rings is 1. The van der Waals surface area contributed by atoms with E-state index in [1.807, 2.05) is 48.7 Å². The summed E-state index contributed by atoms with van der Waals surface area (Å²) in [6, 6.07) is 37.0. The van der Waals surface area contributed by atoms with E-state index < -0.39 is 0 Å². The quantitative estimate of drug-likeness (QED) is 0.242. The predicted octanol–water partition coefficient (Wildman–Crippen LogP) is 6.11. The van der Waals surface area contributed by atoms with Crippen molar-refractivity contribution in [2.45, 2.75) is 19.5 Å². The van der Waals surface area contributed by atoms with Crippen molar-refractivity contribution in [2.75, 3.05) is 13.7 Å². The molecule has 2 aromatic heterocycles. The van der Waals surface area contributed by atoms with Crippen molar-refractivity contribution >= 4 is 21.9 Å². The minimum Gasteiger partial charge on any atom is -0.497 e. The van der Waals surface area contributed by atoms with E-state index in [0.29, 0.717) is 25.2 Å². The van der Waals surface area contributed by atoms with Crippen LogP contribution in [0.1, 0.15) is 22.3 Å². The van der Waals surface area contributed by atoms with Gasteiger partial charge in [0.2, 0.25) is 5.62 Å². The molecule has 0 aliphatic rings. The summed E-state index contributed by atoms with van der Waals surface area (Å²) in [5.74, 6) is 0.852. The SMILES string of the molecule is COc1ccc(CCN=c2n(Cc3ccc(C#N)cc3)c3ccccc3n2Cc2cccc3cccnc23)cc1. The minimum absolute atomic E-state index is 0.643. The Kier molecular flexibility index (Phi) is 7.11. The highest BCUT2D eigenvalue weighted by Gasteiger charge is 2.14. The van der Waals surface area contributed by atoms with Crippen LogP contribution in [0.4, 0.5) is 0 Å². The molecule has 6 rings (SSSR count). The molecule has 0 aliphatic carbocycles. The second kappa shape index (κ2) is 11.3. The van der Waals surface area contributed by atoms with Gasteiger partial charge >= 0.3 is 0 Å². The molecular formula is C34H29N5O. The standard InChI is InChI=1S/C34H29N5O/c1-40-30-17-15-25(16-18-30)19-21-37-34-38(23-27-13-11-26(22-35)12-14-27)31-9-2-3-10-32(31)39(34)24-29-7-4-6-28-8-5-20-36-33(28)29/h2-18,20H,19,21,23-24H2,1H3. The average molecular weight is 524 g/mol. The lowest BCUT2D eigenvalue weighted by atomic mass is 10.1. The molecule has 2 heterocycles. The maximum atomic E-state index is 9.26. The molecule has 0 spiro atoms. The number of rotatable bonds is 8. The fourth-order valence-electron chi connectivity index (χ4n) is 5.17. The molecule has 0 aliphatic heterocycles. The van der Waals surface area contributed by atoms with Gasteiger partial charge in [-0.15, -0.1) is 0 Å². The number of hydrogen-bond acceptors (Lipinski definition) is 4. The molecule has 0 N–H and O–H groups in total. The van der Waals surface area contributed by atoms with Crippen molar-refractivity contribution in [2.24, 2.45) is 4.99 Å². The van der Waals surface area contributed by atoms with E-state index in [1.54, 1.807) is 7.11 Å². The van der Waals surface area contributed by atoms with Crippen LogP contribution in [0.25, 0.3) is 21.9 Å². The lowest BCUT2D eigenvalue weighted by Crippen LogP contribution is -2.28. The number of aromatic nitrogens is 3. The van der Waals surface area contributed by atoms with E-state index in [2.05, 4.69) is 75.9 Å². The number of benzene rings is 4. The summed E-state index contributed by atoms with van der Waals surface area (Å²) in [6.07, 6.45) is 2.67. The van der Waals surface area contributed by atoms with E-state index in [0.717, 1.165) is 50.9 Å². The summed E-state index contributed by atoms with van der Waals surface area (Å²) in [5, 5.41) is 10.4. The minimum atomic E-state index is 0.643. The van der Waals surface area contributed by atoms with Gasteiger partial charge in [0.05, 0.1) is 48.4 Å². The fraction of sp³-hybridized carbons (Fsp3) is 0.147. The van der Waals surface area contributed by atoms with Gasteiger partial charge in [0.1, 0.15) is 5.75 Å². The molecule has 4 aromatic carbocycles. The summed E-state index contributed by atoms with van der Waals surface area (Å²) < 4.78 is 9.90. The number of imidazole rings is 1. The lowest BCUT2D eigenvalue weighted by Gasteiger charge is -2.10. The molecule has 6 heteroatoms. The molecule has 6 nitrogen and oxygen atoms in total. The molecule has 40 heavy (non-hydrogen) atoms. The van der Waals surface area contributed by atoms with Gasteiger partial charge in [-0.2, -0.15) is 5.26 Å². The van der Waals surface area contributed by atoms with Crippen LogP contribution in [0, 0.1) is 11.3 Å². The third-order valence-corrected chi connectivity index (χ3v) is 7.23. The molecule has 0 fully saturated rings. The first-order valence-electron chi connectivity index (χ1n) is 13.4. The van der Waals surface area contributed by atoms with Gasteiger partial charge in [-0.3, -0.25) is 9.98 Å². The smallest absolute Gasteiger partial charge is 0.206 e. The number of methoxy groups -OCH3 is 1. The first kappa shape index (κ1) is 25.1. The molecule has 0 saturated carbocycles. The van der Waals surface area contributed by atoms with Crippen LogP contribution >= 0.6 is 0 Å². The van der Waals surface area contributed by atoms with Gasteiger partial charge in [0.25, 0.3) is 0 Å². The van der Waals surface area contributed by atoms with Crippen LogP contribution in [0.5, 0.6) is 5.75 Å². The summed E-state index contributed by atoms with van der Waals surface area (Å²) in [5.41, 5.74) is 8.28. The van der Waals surface area contributed by atoms with Crippen molar-refractivity contribution < 1.29 is 4.74 Å². The highest BCUT2D eigenvalue weighted by molar-refractivity contribution is 5.82. The van der Waals surface area contributed by atoms with Crippen molar-refractivity contribution in [3.63, 3.8) is 0 Å². The molecule has 0 saturated heterocycles. The maximum Gasteiger partial charge on any atom is 0.206 e. The van der Waals surface area contributed by atoms with Crippen LogP contribution in [-0.2, 0) is 19.5 Å². The van der Waals surface area contributed by atoms with Crippen LogP contribution in [0.2, 0.25) is 0 Å². The lowest BCUT2D eigenvalue weighted by molar-refractivity contribution is 0.414. The summed E-state index contributed by atoms with van der Waals surface area (Å²) in [7, 11) is 1.68. The van der Waals surface area contributed by atoms with Gasteiger partial charge in [-0.1, -0.05) is 60.7 Å². The van der Waals surface area contributed by atoms with Crippen LogP contribution in [-0.4, -0.2) is 27.8 Å². The molecule has 0 bridgehead atoms. The Bertz CT molecular complexity index is 1890. The highest BCUT2D eigenvalue weighted by atomic mass is 16.5. The number of ether oxygens (including phenoxy) is 1. The Morgan fingerprint density at radius 3 is 2.20 bits per heavy atom. The van der Waals surface area contributed by atoms with E-state index in [4.69, 9.17) is 14.7 Å². The Morgan fingerprint density at radius 2 is 1.48 bits per heavy atom. The molecule has 6 aromatic rings. The highest BCUT2D eigenvalue weighted by Crippen LogP contribution is 2.21. The summed E-state index contributed by atoms with van der Waals surface area (Å²) in [6.45, 7) is 1.94. The Morgan fingerprint density at radius 1 is 0.775 bits per heavy atom. The fourth-order valence-corrected chi connectivity index (χ4v) is 5.17. The first-order chi connectivity index (χ1) is 19.7. The number of hydrogen-bond donors (Lipinski definition) is 0. The van der Waals surface area contributed by atoms with E-state index in [-0.39, 0.29) is 0 Å². The van der Waals surface area contributed by atoms with Crippen molar-refractivity contribution in [3.05, 3.63) is 137 Å². The zero-order valence-corrected chi connectivity index (χ0v) is 22.4. The number of fused-ring (bicyclic) bond motifs is 2. The second-order valence-corrected chi connectivity index (χ2v) is 9.74. The van der Waals surface area contributed by atoms with Gasteiger partial charge in [0.15, 0.2) is 0 Å². The normalized spacial score (nSPS) is 11.7. The molecule has 0 atom stereocenters. The van der Waals surface area contributed by atoms with Gasteiger partial charge in [-0.25, -0.2) is 0 Å². The number of para-hydroxylation sites is 3. The number of nitrogens with zero attached hydrogens (tertiary/aromatic N) is 5. The van der Waals surface area contributed by atoms with Gasteiger partial charge in [-0.05, 0) is 65.6 Å². The topological polar surface area (TPSA) is 68.1 Å². The first-order valence-corrected chi connectivity index (χ1v) is 13.4. The van der Waals surface area contributed by atoms with Gasteiger partial charge < -0.3 is 13.9 Å². The van der Waals surface area contributed by atoms with Crippen molar-refractivity contribution in [3.8, 4) is 11.8 Å². The Hall–Kier alpha value is -5.15. The van der Waals surface area contributed by atoms with E-state index >= 15 is 0 Å². The maximum absolute atomic E-state index is 9.26. The zero-order chi connectivity index (χ0) is 27.3. The molecular weight excluding hydrogens is 494 g/mol. The Balaban J connectivity index is 1.46. The third kappa shape index (κ3) is 5.10. The third-order valence-electron chi connectivity index (χ3n) is 7.23. The molecule has 0 amide bonds. The van der Waals surface area contributed by atoms with E-state index in [1.165, 1.54) is 5.56 Å². The van der Waals surface area contributed by atoms with E-state index in [9.17, 15) is 5.26 Å². The van der Waals surface area contributed by atoms with Gasteiger partial charge in [0, 0.05) is 18.1 Å². The largest absolute Gasteiger partial charge is 0.497 e. The Labute approximate surface area is 233 Å². The summed E-state index contributed by atoms with van der Waals surface area (Å²) in [4.78, 5) is 9.92. The monoisotopic (exact) mass is 523 g/mol. The zero-order valence-electron chi connectivity index (χ0n) is 22.4. The summed E-state index contributed by atoms with van der Waals surface area (Å²) >= 11 is 0. The number of nitriles is 1. The second-order valence-electron chi connectivity index (χ2n) is 9.74. The average Bonchev–Trinajstić information content (AvgIpc) is 3.29. The molecule has 0 radical (unpaired) electrons. The van der Waals surface area contributed by atoms with Crippen molar-refractivity contribution in [1.29, 1.82) is 5.26 Å². The molecule has 0 unspecified atom stereocenters. The predicted molar refractivity (Wildman–Crippen MR) is 158 cm³/mol. The van der Waals surface area contributed by atoms with Crippen molar-refractivity contribution in [1.82, 2.24) is 14.1 Å². The molecule has 196 valence electrons. The van der Waals surface area contributed by atoms with Crippen LogP contribution in [0.15, 0.2) is 114 Å².